The van der Waals surface area contributed by atoms with Gasteiger partial charge < -0.3 is 19.3 Å². The molecule has 2 aromatic rings. The lowest BCUT2D eigenvalue weighted by Crippen LogP contribution is -2.37. The second kappa shape index (κ2) is 6.30. The first-order valence-corrected chi connectivity index (χ1v) is 7.90. The first-order chi connectivity index (χ1) is 11.7. The smallest absolute Gasteiger partial charge is 0.231 e. The van der Waals surface area contributed by atoms with Gasteiger partial charge >= 0.3 is 0 Å². The van der Waals surface area contributed by atoms with Gasteiger partial charge in [0, 0.05) is 31.3 Å². The van der Waals surface area contributed by atoms with Gasteiger partial charge in [0.25, 0.3) is 0 Å². The van der Waals surface area contributed by atoms with Crippen molar-refractivity contribution in [2.75, 3.05) is 26.5 Å². The van der Waals surface area contributed by atoms with Crippen LogP contribution in [0.15, 0.2) is 36.4 Å². The number of aromatic hydroxyl groups is 1. The highest BCUT2D eigenvalue weighted by Crippen LogP contribution is 2.38. The largest absolute Gasteiger partial charge is 0.507 e. The Labute approximate surface area is 139 Å². The average molecular weight is 331 g/mol. The molecule has 24 heavy (non-hydrogen) atoms. The predicted octanol–water partition coefficient (Wildman–Crippen LogP) is 2.83. The van der Waals surface area contributed by atoms with Gasteiger partial charge in [-0.15, -0.1) is 0 Å². The summed E-state index contributed by atoms with van der Waals surface area (Å²) >= 11 is 0. The van der Waals surface area contributed by atoms with Crippen LogP contribution in [0.3, 0.4) is 0 Å². The quantitative estimate of drug-likeness (QED) is 0.937. The third-order valence-electron chi connectivity index (χ3n) is 4.36. The normalized spacial score (nSPS) is 20.3. The van der Waals surface area contributed by atoms with Crippen LogP contribution in [0.25, 0.3) is 0 Å². The average Bonchev–Trinajstić information content (AvgIpc) is 3.03. The maximum atomic E-state index is 13.1. The van der Waals surface area contributed by atoms with Crippen LogP contribution >= 0.6 is 0 Å². The SMILES string of the molecule is Oc1cc2c(cc1CN1CCOC(c3ccc(F)cc3)C1)OCO2. The van der Waals surface area contributed by atoms with Gasteiger partial charge in [-0.1, -0.05) is 12.1 Å². The number of rotatable bonds is 3. The van der Waals surface area contributed by atoms with E-state index in [1.807, 2.05) is 6.07 Å². The molecule has 4 rings (SSSR count). The number of hydrogen-bond acceptors (Lipinski definition) is 5. The molecular weight excluding hydrogens is 313 g/mol. The Hall–Kier alpha value is -2.31. The Bertz CT molecular complexity index is 735. The Morgan fingerprint density at radius 1 is 1.12 bits per heavy atom. The lowest BCUT2D eigenvalue weighted by Gasteiger charge is -2.33. The lowest BCUT2D eigenvalue weighted by molar-refractivity contribution is -0.0331. The fourth-order valence-corrected chi connectivity index (χ4v) is 3.07. The molecule has 1 N–H and O–H groups in total. The molecule has 1 unspecified atom stereocenters. The van der Waals surface area contributed by atoms with E-state index in [0.29, 0.717) is 31.2 Å². The van der Waals surface area contributed by atoms with Crippen LogP contribution in [-0.2, 0) is 11.3 Å². The van der Waals surface area contributed by atoms with E-state index in [9.17, 15) is 9.50 Å². The summed E-state index contributed by atoms with van der Waals surface area (Å²) in [6, 6.07) is 9.81. The van der Waals surface area contributed by atoms with Crippen molar-refractivity contribution < 1.29 is 23.7 Å². The minimum atomic E-state index is -0.253. The van der Waals surface area contributed by atoms with E-state index in [-0.39, 0.29) is 24.5 Å². The summed E-state index contributed by atoms with van der Waals surface area (Å²) in [5, 5.41) is 10.2. The predicted molar refractivity (Wildman–Crippen MR) is 84.6 cm³/mol. The molecule has 0 radical (unpaired) electrons. The van der Waals surface area contributed by atoms with Crippen LogP contribution in [0, 0.1) is 5.82 Å². The highest BCUT2D eigenvalue weighted by molar-refractivity contribution is 5.51. The molecule has 1 saturated heterocycles. The summed E-state index contributed by atoms with van der Waals surface area (Å²) < 4.78 is 29.5. The van der Waals surface area contributed by atoms with E-state index in [2.05, 4.69) is 4.90 Å². The zero-order valence-electron chi connectivity index (χ0n) is 13.1. The second-order valence-electron chi connectivity index (χ2n) is 5.98. The minimum absolute atomic E-state index is 0.101. The molecule has 0 bridgehead atoms. The van der Waals surface area contributed by atoms with E-state index in [1.54, 1.807) is 18.2 Å². The van der Waals surface area contributed by atoms with E-state index < -0.39 is 0 Å². The van der Waals surface area contributed by atoms with Gasteiger partial charge in [0.05, 0.1) is 12.7 Å². The van der Waals surface area contributed by atoms with Gasteiger partial charge in [-0.25, -0.2) is 4.39 Å². The van der Waals surface area contributed by atoms with Crippen molar-refractivity contribution in [3.63, 3.8) is 0 Å². The molecule has 2 aliphatic rings. The van der Waals surface area contributed by atoms with E-state index in [4.69, 9.17) is 14.2 Å². The number of hydrogen-bond donors (Lipinski definition) is 1. The van der Waals surface area contributed by atoms with Gasteiger partial charge in [0.15, 0.2) is 11.5 Å². The van der Waals surface area contributed by atoms with Crippen molar-refractivity contribution in [1.29, 1.82) is 0 Å². The molecule has 2 heterocycles. The van der Waals surface area contributed by atoms with E-state index in [1.165, 1.54) is 12.1 Å². The first-order valence-electron chi connectivity index (χ1n) is 7.90. The number of morpholine rings is 1. The summed E-state index contributed by atoms with van der Waals surface area (Å²) in [6.45, 7) is 2.81. The molecule has 1 atom stereocenters. The molecule has 6 heteroatoms. The van der Waals surface area contributed by atoms with Crippen molar-refractivity contribution in [1.82, 2.24) is 4.90 Å². The summed E-state index contributed by atoms with van der Waals surface area (Å²) in [5.74, 6) is 1.18. The summed E-state index contributed by atoms with van der Waals surface area (Å²) in [7, 11) is 0. The van der Waals surface area contributed by atoms with Crippen LogP contribution in [0.5, 0.6) is 17.2 Å². The van der Waals surface area contributed by atoms with Crippen LogP contribution < -0.4 is 9.47 Å². The van der Waals surface area contributed by atoms with E-state index in [0.717, 1.165) is 17.7 Å². The number of halogens is 1. The third kappa shape index (κ3) is 3.02. The Kier molecular flexibility index (Phi) is 4.00. The summed E-state index contributed by atoms with van der Waals surface area (Å²) in [4.78, 5) is 2.20. The molecule has 2 aromatic carbocycles. The number of ether oxygens (including phenoxy) is 3. The van der Waals surface area contributed by atoms with Crippen molar-refractivity contribution in [3.05, 3.63) is 53.3 Å². The summed E-state index contributed by atoms with van der Waals surface area (Å²) in [6.07, 6.45) is -0.101. The molecule has 0 aliphatic carbocycles. The molecule has 0 saturated carbocycles. The number of phenols is 1. The fraction of sp³-hybridized carbons (Fsp3) is 0.333. The van der Waals surface area contributed by atoms with Crippen molar-refractivity contribution in [3.8, 4) is 17.2 Å². The molecule has 0 amide bonds. The molecule has 1 fully saturated rings. The van der Waals surface area contributed by atoms with Gasteiger partial charge in [0.1, 0.15) is 11.6 Å². The molecule has 2 aliphatic heterocycles. The van der Waals surface area contributed by atoms with Crippen LogP contribution in [0.2, 0.25) is 0 Å². The minimum Gasteiger partial charge on any atom is -0.507 e. The van der Waals surface area contributed by atoms with Gasteiger partial charge in [-0.2, -0.15) is 0 Å². The molecule has 0 aromatic heterocycles. The van der Waals surface area contributed by atoms with Gasteiger partial charge in [-0.3, -0.25) is 4.90 Å². The van der Waals surface area contributed by atoms with Gasteiger partial charge in [0.2, 0.25) is 6.79 Å². The monoisotopic (exact) mass is 331 g/mol. The maximum absolute atomic E-state index is 13.1. The number of fused-ring (bicyclic) bond motifs is 1. The maximum Gasteiger partial charge on any atom is 0.231 e. The van der Waals surface area contributed by atoms with Crippen molar-refractivity contribution in [2.45, 2.75) is 12.6 Å². The van der Waals surface area contributed by atoms with Crippen molar-refractivity contribution in [2.24, 2.45) is 0 Å². The van der Waals surface area contributed by atoms with Crippen LogP contribution in [-0.4, -0.2) is 36.5 Å². The van der Waals surface area contributed by atoms with Crippen molar-refractivity contribution >= 4 is 0 Å². The van der Waals surface area contributed by atoms with Gasteiger partial charge in [-0.05, 0) is 23.8 Å². The molecule has 0 spiro atoms. The Morgan fingerprint density at radius 2 is 1.88 bits per heavy atom. The Morgan fingerprint density at radius 3 is 2.67 bits per heavy atom. The standard InChI is InChI=1S/C18H18FNO4/c19-14-3-1-12(2-4-14)18-10-20(5-6-22-18)9-13-7-16-17(8-15(13)21)24-11-23-16/h1-4,7-8,18,21H,5-6,9-11H2. The van der Waals surface area contributed by atoms with Crippen LogP contribution in [0.1, 0.15) is 17.2 Å². The number of phenolic OH excluding ortho intramolecular Hbond substituents is 1. The Balaban J connectivity index is 1.48. The van der Waals surface area contributed by atoms with Crippen LogP contribution in [0.4, 0.5) is 4.39 Å². The zero-order chi connectivity index (χ0) is 16.5. The second-order valence-corrected chi connectivity index (χ2v) is 5.98. The highest BCUT2D eigenvalue weighted by atomic mass is 19.1. The fourth-order valence-electron chi connectivity index (χ4n) is 3.07. The number of benzene rings is 2. The number of nitrogens with zero attached hydrogens (tertiary/aromatic N) is 1. The molecule has 5 nitrogen and oxygen atoms in total. The third-order valence-corrected chi connectivity index (χ3v) is 4.36. The molecular formula is C18H18FNO4. The molecule has 126 valence electrons. The topological polar surface area (TPSA) is 51.2 Å². The lowest BCUT2D eigenvalue weighted by atomic mass is 10.1. The summed E-state index contributed by atoms with van der Waals surface area (Å²) in [5.41, 5.74) is 1.75. The first kappa shape index (κ1) is 15.2. The highest BCUT2D eigenvalue weighted by Gasteiger charge is 2.24. The van der Waals surface area contributed by atoms with E-state index >= 15 is 0 Å². The zero-order valence-corrected chi connectivity index (χ0v) is 13.1.